The van der Waals surface area contributed by atoms with E-state index in [9.17, 15) is 52.8 Å². The van der Waals surface area contributed by atoms with E-state index in [0.29, 0.717) is 0 Å². The molecule has 0 fully saturated rings. The number of hydrogen-bond acceptors (Lipinski definition) is 18. The lowest BCUT2D eigenvalue weighted by atomic mass is 10.1. The van der Waals surface area contributed by atoms with Crippen LogP contribution in [0.2, 0.25) is 0 Å². The van der Waals surface area contributed by atoms with Crippen LogP contribution in [0.15, 0.2) is 46.2 Å². The van der Waals surface area contributed by atoms with Crippen molar-refractivity contribution in [3.63, 3.8) is 0 Å². The first kappa shape index (κ1) is 48.1. The van der Waals surface area contributed by atoms with E-state index in [1.807, 2.05) is 0 Å². The highest BCUT2D eigenvalue weighted by Crippen LogP contribution is 2.75. The van der Waals surface area contributed by atoms with E-state index in [1.54, 1.807) is 27.7 Å². The van der Waals surface area contributed by atoms with Crippen LogP contribution in [0.25, 0.3) is 0 Å². The molecule has 22 nitrogen and oxygen atoms in total. The van der Waals surface area contributed by atoms with Gasteiger partial charge in [0.05, 0.1) is 13.1 Å². The zero-order valence-corrected chi connectivity index (χ0v) is 32.9. The van der Waals surface area contributed by atoms with E-state index in [2.05, 4.69) is 0 Å². The van der Waals surface area contributed by atoms with E-state index < -0.39 is 80.8 Å². The Hall–Kier alpha value is -4.08. The molecule has 314 valence electrons. The lowest BCUT2D eigenvalue weighted by Crippen LogP contribution is -2.37. The smallest absolute Gasteiger partial charge is 0.375 e. The van der Waals surface area contributed by atoms with Crippen LogP contribution in [-0.4, -0.2) is 85.8 Å². The second-order valence-corrected chi connectivity index (χ2v) is 17.2. The molecule has 2 rings (SSSR count). The number of rotatable bonds is 25. The summed E-state index contributed by atoms with van der Waals surface area (Å²) in [5, 5.41) is 7.82. The van der Waals surface area contributed by atoms with Crippen molar-refractivity contribution >= 4 is 40.1 Å². The summed E-state index contributed by atoms with van der Waals surface area (Å²) in [6, 6.07) is 2.04. The summed E-state index contributed by atoms with van der Waals surface area (Å²) in [5.41, 5.74) is 15.1. The van der Waals surface area contributed by atoms with Crippen LogP contribution in [0.4, 0.5) is 0 Å². The highest BCUT2D eigenvalue weighted by molar-refractivity contribution is 7.72. The molecule has 0 bridgehead atoms. The van der Waals surface area contributed by atoms with Gasteiger partial charge in [0.25, 0.3) is 29.1 Å². The Kier molecular flexibility index (Phi) is 18.4. The average molecular weight is 838 g/mol. The molecule has 56 heavy (non-hydrogen) atoms. The predicted molar refractivity (Wildman–Crippen MR) is 194 cm³/mol. The maximum atomic E-state index is 13.9. The van der Waals surface area contributed by atoms with E-state index in [1.165, 1.54) is 0 Å². The second kappa shape index (κ2) is 21.4. The lowest BCUT2D eigenvalue weighted by Gasteiger charge is -2.36. The third-order valence-corrected chi connectivity index (χ3v) is 12.9. The van der Waals surface area contributed by atoms with Crippen LogP contribution in [-0.2, 0) is 69.4 Å². The number of carbonyl (C=O) groups is 4. The Morgan fingerprint density at radius 3 is 1.46 bits per heavy atom. The van der Waals surface area contributed by atoms with Crippen LogP contribution in [0, 0.1) is 11.8 Å². The molecule has 0 radical (unpaired) electrons. The minimum Gasteiger partial charge on any atom is -0.463 e. The Morgan fingerprint density at radius 1 is 0.768 bits per heavy atom. The topological polar surface area (TPSA) is 341 Å². The number of nitrogens with two attached hydrogens (primary N) is 3. The third kappa shape index (κ3) is 12.7. The maximum absolute atomic E-state index is 13.9. The summed E-state index contributed by atoms with van der Waals surface area (Å²) in [4.78, 5) is 94.6. The molecule has 2 aromatic heterocycles. The minimum atomic E-state index is -5.97. The van der Waals surface area contributed by atoms with Crippen LogP contribution in [0.3, 0.4) is 0 Å². The standard InChI is InChI=1S/C32H49N5O17P2/c1-20(2)26(34)28(42)49-14-12-36-16-22(6-8-24(36)40)30(51-18-38)53-55(45,46)32(44,10-5-11-33)56(47,48)54-31(52-19-39)23-7-9-25(41)37(17-23)13-15-50-29(43)27(35)21(3)4/h6-9,16-21,26-27,30-31,44H,5,10-15,33-35H2,1-4H3,(H,45,46)(H,47,48)/t26-,27-,30?,31?,32?/m1/s1. The van der Waals surface area contributed by atoms with Crippen molar-refractivity contribution in [3.05, 3.63) is 68.5 Å². The highest BCUT2D eigenvalue weighted by Gasteiger charge is 2.63. The summed E-state index contributed by atoms with van der Waals surface area (Å²) in [6.07, 6.45) is -3.88. The number of aromatic nitrogens is 2. The number of hydrogen-bond donors (Lipinski definition) is 6. The fraction of sp³-hybridized carbons (Fsp3) is 0.562. The van der Waals surface area contributed by atoms with Crippen LogP contribution in [0.1, 0.15) is 64.2 Å². The number of aliphatic hydroxyl groups is 1. The van der Waals surface area contributed by atoms with Crippen molar-refractivity contribution in [1.82, 2.24) is 9.13 Å². The Bertz CT molecular complexity index is 1740. The number of nitrogens with zero attached hydrogens (tertiary/aromatic N) is 2. The first-order chi connectivity index (χ1) is 26.2. The molecule has 0 saturated carbocycles. The molecule has 0 aliphatic rings. The van der Waals surface area contributed by atoms with Crippen molar-refractivity contribution in [2.75, 3.05) is 19.8 Å². The normalized spacial score (nSPS) is 17.0. The SMILES string of the molecule is CC(C)[C@@H](N)C(=O)OCCn1cc(C(OC=O)OP(=O)(O)C(O)(CCCN)P(=O)(O)OC(OC=O)c2ccc(=O)n(CCOC(=O)[C@H](N)C(C)C)c2)ccc1=O. The summed E-state index contributed by atoms with van der Waals surface area (Å²) < 4.78 is 59.8. The van der Waals surface area contributed by atoms with Gasteiger partial charge in [-0.3, -0.25) is 46.9 Å². The van der Waals surface area contributed by atoms with E-state index in [4.69, 9.17) is 45.2 Å². The molecule has 4 unspecified atom stereocenters. The van der Waals surface area contributed by atoms with E-state index in [-0.39, 0.29) is 68.8 Å². The van der Waals surface area contributed by atoms with Crippen LogP contribution in [0.5, 0.6) is 0 Å². The predicted octanol–water partition coefficient (Wildman–Crippen LogP) is -0.105. The van der Waals surface area contributed by atoms with Gasteiger partial charge >= 0.3 is 27.1 Å². The summed E-state index contributed by atoms with van der Waals surface area (Å²) in [5.74, 6) is -1.96. The molecule has 0 saturated heterocycles. The minimum absolute atomic E-state index is 0.217. The third-order valence-electron chi connectivity index (χ3n) is 8.15. The Balaban J connectivity index is 2.44. The van der Waals surface area contributed by atoms with E-state index in [0.717, 1.165) is 45.8 Å². The summed E-state index contributed by atoms with van der Waals surface area (Å²) >= 11 is 0. The van der Waals surface area contributed by atoms with Gasteiger partial charge < -0.3 is 60.2 Å². The molecule has 0 amide bonds. The largest absolute Gasteiger partial charge is 0.463 e. The first-order valence-electron chi connectivity index (χ1n) is 17.0. The molecule has 0 aliphatic carbocycles. The van der Waals surface area contributed by atoms with Gasteiger partial charge in [0.1, 0.15) is 25.3 Å². The van der Waals surface area contributed by atoms with Gasteiger partial charge in [-0.2, -0.15) is 0 Å². The van der Waals surface area contributed by atoms with Gasteiger partial charge in [0, 0.05) is 42.1 Å². The van der Waals surface area contributed by atoms with Gasteiger partial charge in [0.2, 0.25) is 12.6 Å². The van der Waals surface area contributed by atoms with Gasteiger partial charge in [-0.25, -0.2) is 0 Å². The molecule has 0 spiro atoms. The zero-order chi connectivity index (χ0) is 42.4. The van der Waals surface area contributed by atoms with Gasteiger partial charge in [-0.1, -0.05) is 27.7 Å². The first-order valence-corrected chi connectivity index (χ1v) is 20.2. The summed E-state index contributed by atoms with van der Waals surface area (Å²) in [7, 11) is -11.9. The molecule has 0 aliphatic heterocycles. The quantitative estimate of drug-likeness (QED) is 0.0250. The second-order valence-electron chi connectivity index (χ2n) is 12.9. The maximum Gasteiger partial charge on any atom is 0.375 e. The van der Waals surface area contributed by atoms with Crippen LogP contribution >= 0.6 is 15.2 Å². The highest BCUT2D eigenvalue weighted by atomic mass is 31.2. The monoisotopic (exact) mass is 837 g/mol. The van der Waals surface area contributed by atoms with Crippen molar-refractivity contribution in [2.24, 2.45) is 29.0 Å². The molecule has 2 aromatic rings. The fourth-order valence-electron chi connectivity index (χ4n) is 4.59. The molecule has 0 aromatic carbocycles. The molecular weight excluding hydrogens is 788 g/mol. The zero-order valence-electron chi connectivity index (χ0n) is 31.1. The van der Waals surface area contributed by atoms with Crippen LogP contribution < -0.4 is 28.3 Å². The lowest BCUT2D eigenvalue weighted by molar-refractivity contribution is -0.151. The van der Waals surface area contributed by atoms with Gasteiger partial charge in [0.15, 0.2) is 0 Å². The fourth-order valence-corrected chi connectivity index (χ4v) is 8.23. The Morgan fingerprint density at radius 2 is 1.14 bits per heavy atom. The number of esters is 2. The van der Waals surface area contributed by atoms with Crippen molar-refractivity contribution in [1.29, 1.82) is 0 Å². The molecule has 24 heteroatoms. The number of carbonyl (C=O) groups excluding carboxylic acids is 4. The van der Waals surface area contributed by atoms with Crippen molar-refractivity contribution < 1.29 is 71.2 Å². The van der Waals surface area contributed by atoms with Gasteiger partial charge in [-0.05, 0) is 36.9 Å². The molecule has 9 N–H and O–H groups in total. The summed E-state index contributed by atoms with van der Waals surface area (Å²) in [6.45, 7) is 4.83. The molecule has 6 atom stereocenters. The number of ether oxygens (including phenoxy) is 4. The average Bonchev–Trinajstić information content (AvgIpc) is 3.13. The van der Waals surface area contributed by atoms with Gasteiger partial charge in [-0.15, -0.1) is 0 Å². The molecule has 2 heterocycles. The Labute approximate surface area is 320 Å². The molecular formula is C32H49N5O17P2. The number of pyridine rings is 2. The van der Waals surface area contributed by atoms with E-state index >= 15 is 0 Å². The van der Waals surface area contributed by atoms with Crippen molar-refractivity contribution in [2.45, 2.75) is 83.4 Å². The van der Waals surface area contributed by atoms with Crippen molar-refractivity contribution in [3.8, 4) is 0 Å².